The number of aromatic nitrogens is 2. The number of nitrogens with zero attached hydrogens (tertiary/aromatic N) is 2. The first-order valence-electron chi connectivity index (χ1n) is 11.5. The van der Waals surface area contributed by atoms with Crippen molar-refractivity contribution in [1.29, 1.82) is 0 Å². The average molecular weight is 433 g/mol. The van der Waals surface area contributed by atoms with Gasteiger partial charge < -0.3 is 0 Å². The van der Waals surface area contributed by atoms with Gasteiger partial charge in [-0.05, 0) is 44.5 Å². The van der Waals surface area contributed by atoms with E-state index in [4.69, 9.17) is 9.97 Å². The fourth-order valence-electron chi connectivity index (χ4n) is 5.28. The Balaban J connectivity index is 1.70. The molecule has 2 heteroatoms. The summed E-state index contributed by atoms with van der Waals surface area (Å²) in [5.41, 5.74) is 4.38. The third kappa shape index (κ3) is 2.76. The van der Waals surface area contributed by atoms with Crippen LogP contribution >= 0.6 is 0 Å². The summed E-state index contributed by atoms with van der Waals surface area (Å²) in [5, 5.41) is 9.47. The quantitative estimate of drug-likeness (QED) is 0.256. The van der Waals surface area contributed by atoms with E-state index >= 15 is 0 Å². The molecule has 0 bridgehead atoms. The lowest BCUT2D eigenvalue weighted by atomic mass is 9.87. The van der Waals surface area contributed by atoms with E-state index in [-0.39, 0.29) is 0 Å². The van der Waals surface area contributed by atoms with Crippen LogP contribution in [0.15, 0.2) is 122 Å². The molecule has 0 aliphatic carbocycles. The van der Waals surface area contributed by atoms with Crippen LogP contribution in [-0.4, -0.2) is 9.97 Å². The van der Waals surface area contributed by atoms with Gasteiger partial charge >= 0.3 is 0 Å². The zero-order valence-electron chi connectivity index (χ0n) is 18.4. The molecule has 5 aromatic carbocycles. The minimum atomic E-state index is 1.02. The highest BCUT2D eigenvalue weighted by atomic mass is 14.7. The van der Waals surface area contributed by atoms with Crippen LogP contribution in [0.4, 0.5) is 0 Å². The normalized spacial score (nSPS) is 11.5. The molecule has 2 aromatic heterocycles. The van der Waals surface area contributed by atoms with E-state index in [1.165, 1.54) is 43.4 Å². The van der Waals surface area contributed by atoms with E-state index in [0.29, 0.717) is 0 Å². The van der Waals surface area contributed by atoms with Gasteiger partial charge in [-0.1, -0.05) is 97.1 Å². The van der Waals surface area contributed by atoms with Crippen LogP contribution in [0.25, 0.3) is 65.6 Å². The van der Waals surface area contributed by atoms with Crippen LogP contribution in [0.3, 0.4) is 0 Å². The summed E-state index contributed by atoms with van der Waals surface area (Å²) in [6.45, 7) is 0. The first-order valence-corrected chi connectivity index (χ1v) is 11.5. The van der Waals surface area contributed by atoms with Gasteiger partial charge in [-0.2, -0.15) is 0 Å². The second-order valence-electron chi connectivity index (χ2n) is 8.60. The number of benzene rings is 5. The highest BCUT2D eigenvalue weighted by Crippen LogP contribution is 2.45. The molecule has 158 valence electrons. The number of hydrogen-bond acceptors (Lipinski definition) is 2. The number of pyridine rings is 2. The molecule has 34 heavy (non-hydrogen) atoms. The predicted molar refractivity (Wildman–Crippen MR) is 143 cm³/mol. The monoisotopic (exact) mass is 432 g/mol. The SMILES string of the molecule is c1ccc2c(-c3c4ccccc4c(-c4nccc5ccccc45)c4ccccc34)nccc2c1. The van der Waals surface area contributed by atoms with Crippen LogP contribution in [0, 0.1) is 0 Å². The summed E-state index contributed by atoms with van der Waals surface area (Å²) in [6, 6.07) is 38.5. The summed E-state index contributed by atoms with van der Waals surface area (Å²) >= 11 is 0. The Morgan fingerprint density at radius 1 is 0.324 bits per heavy atom. The maximum Gasteiger partial charge on any atom is 0.0792 e. The molecule has 0 saturated carbocycles. The second kappa shape index (κ2) is 7.50. The van der Waals surface area contributed by atoms with Crippen molar-refractivity contribution in [1.82, 2.24) is 9.97 Å². The molecule has 2 nitrogen and oxygen atoms in total. The molecule has 0 radical (unpaired) electrons. The summed E-state index contributed by atoms with van der Waals surface area (Å²) < 4.78 is 0. The Labute approximate surface area is 197 Å². The van der Waals surface area contributed by atoms with Crippen LogP contribution in [0.1, 0.15) is 0 Å². The van der Waals surface area contributed by atoms with E-state index in [0.717, 1.165) is 22.2 Å². The van der Waals surface area contributed by atoms with Gasteiger partial charge in [0.15, 0.2) is 0 Å². The molecule has 7 rings (SSSR count). The average Bonchev–Trinajstić information content (AvgIpc) is 2.91. The molecule has 0 amide bonds. The maximum atomic E-state index is 4.91. The first-order chi connectivity index (χ1) is 16.9. The van der Waals surface area contributed by atoms with Gasteiger partial charge in [-0.15, -0.1) is 0 Å². The highest BCUT2D eigenvalue weighted by molar-refractivity contribution is 6.24. The van der Waals surface area contributed by atoms with Crippen LogP contribution in [-0.2, 0) is 0 Å². The zero-order chi connectivity index (χ0) is 22.5. The van der Waals surface area contributed by atoms with Gasteiger partial charge in [0.2, 0.25) is 0 Å². The van der Waals surface area contributed by atoms with Crippen LogP contribution < -0.4 is 0 Å². The lowest BCUT2D eigenvalue weighted by Gasteiger charge is -2.18. The molecule has 0 atom stereocenters. The Morgan fingerprint density at radius 2 is 0.647 bits per heavy atom. The first kappa shape index (κ1) is 19.0. The molecule has 0 saturated heterocycles. The summed E-state index contributed by atoms with van der Waals surface area (Å²) in [6.07, 6.45) is 3.84. The lowest BCUT2D eigenvalue weighted by molar-refractivity contribution is 1.36. The van der Waals surface area contributed by atoms with E-state index in [1.54, 1.807) is 0 Å². The van der Waals surface area contributed by atoms with E-state index in [2.05, 4.69) is 109 Å². The van der Waals surface area contributed by atoms with Gasteiger partial charge in [-0.3, -0.25) is 9.97 Å². The van der Waals surface area contributed by atoms with Crippen molar-refractivity contribution in [2.45, 2.75) is 0 Å². The smallest absolute Gasteiger partial charge is 0.0792 e. The van der Waals surface area contributed by atoms with Gasteiger partial charge in [0.25, 0.3) is 0 Å². The Kier molecular flexibility index (Phi) is 4.18. The summed E-state index contributed by atoms with van der Waals surface area (Å²) in [5.74, 6) is 0. The molecule has 2 heterocycles. The third-order valence-electron chi connectivity index (χ3n) is 6.75. The van der Waals surface area contributed by atoms with Crippen molar-refractivity contribution in [2.75, 3.05) is 0 Å². The molecule has 7 aromatic rings. The second-order valence-corrected chi connectivity index (χ2v) is 8.60. The van der Waals surface area contributed by atoms with Gasteiger partial charge in [0, 0.05) is 34.3 Å². The van der Waals surface area contributed by atoms with Crippen molar-refractivity contribution in [3.63, 3.8) is 0 Å². The summed E-state index contributed by atoms with van der Waals surface area (Å²) in [7, 11) is 0. The fraction of sp³-hybridized carbons (Fsp3) is 0. The topological polar surface area (TPSA) is 25.8 Å². The predicted octanol–water partition coefficient (Wildman–Crippen LogP) is 8.42. The van der Waals surface area contributed by atoms with Crippen molar-refractivity contribution < 1.29 is 0 Å². The molecule has 0 N–H and O–H groups in total. The summed E-state index contributed by atoms with van der Waals surface area (Å²) in [4.78, 5) is 9.83. The minimum Gasteiger partial charge on any atom is -0.256 e. The molecule has 0 unspecified atom stereocenters. The standard InChI is InChI=1S/C32H20N2/c1-3-11-23-21(9-1)17-19-33-31(23)29-25-13-5-7-15-27(25)30(28-16-8-6-14-26(28)29)32-24-12-4-2-10-22(24)18-20-34-32/h1-20H. The Hall–Kier alpha value is -4.56. The number of fused-ring (bicyclic) bond motifs is 4. The maximum absolute atomic E-state index is 4.91. The van der Waals surface area contributed by atoms with Crippen LogP contribution in [0.5, 0.6) is 0 Å². The van der Waals surface area contributed by atoms with E-state index in [9.17, 15) is 0 Å². The molecule has 0 aliphatic rings. The number of rotatable bonds is 2. The van der Waals surface area contributed by atoms with Crippen molar-refractivity contribution in [2.24, 2.45) is 0 Å². The molecule has 0 fully saturated rings. The molecule has 0 aliphatic heterocycles. The van der Waals surface area contributed by atoms with Crippen molar-refractivity contribution in [3.05, 3.63) is 122 Å². The van der Waals surface area contributed by atoms with Gasteiger partial charge in [0.05, 0.1) is 11.4 Å². The minimum absolute atomic E-state index is 1.02. The largest absolute Gasteiger partial charge is 0.256 e. The zero-order valence-corrected chi connectivity index (χ0v) is 18.4. The Morgan fingerprint density at radius 3 is 1.03 bits per heavy atom. The van der Waals surface area contributed by atoms with Crippen molar-refractivity contribution in [3.8, 4) is 22.5 Å². The van der Waals surface area contributed by atoms with E-state index in [1.807, 2.05) is 12.4 Å². The van der Waals surface area contributed by atoms with Gasteiger partial charge in [-0.25, -0.2) is 0 Å². The highest BCUT2D eigenvalue weighted by Gasteiger charge is 2.20. The molecular formula is C32H20N2. The van der Waals surface area contributed by atoms with Gasteiger partial charge in [0.1, 0.15) is 0 Å². The van der Waals surface area contributed by atoms with E-state index < -0.39 is 0 Å². The lowest BCUT2D eigenvalue weighted by Crippen LogP contribution is -1.95. The fourth-order valence-corrected chi connectivity index (χ4v) is 5.28. The van der Waals surface area contributed by atoms with Crippen LogP contribution in [0.2, 0.25) is 0 Å². The third-order valence-corrected chi connectivity index (χ3v) is 6.75. The number of hydrogen-bond donors (Lipinski definition) is 0. The molecular weight excluding hydrogens is 412 g/mol. The van der Waals surface area contributed by atoms with Crippen molar-refractivity contribution >= 4 is 43.1 Å². The Bertz CT molecular complexity index is 1660. The molecule has 0 spiro atoms.